The van der Waals surface area contributed by atoms with Gasteiger partial charge in [-0.05, 0) is 24.5 Å². The summed E-state index contributed by atoms with van der Waals surface area (Å²) in [6.07, 6.45) is 2.33. The van der Waals surface area contributed by atoms with Crippen LogP contribution in [0, 0.1) is 0 Å². The summed E-state index contributed by atoms with van der Waals surface area (Å²) in [6, 6.07) is 7.60. The molecule has 2 rings (SSSR count). The van der Waals surface area contributed by atoms with Crippen LogP contribution in [-0.4, -0.2) is 56.7 Å². The first kappa shape index (κ1) is 18.5. The van der Waals surface area contributed by atoms with Gasteiger partial charge < -0.3 is 20.3 Å². The Morgan fingerprint density at radius 3 is 2.83 bits per heavy atom. The molecule has 0 aromatic heterocycles. The van der Waals surface area contributed by atoms with Crippen LogP contribution in [0.3, 0.4) is 0 Å². The lowest BCUT2D eigenvalue weighted by atomic mass is 10.2. The fourth-order valence-electron chi connectivity index (χ4n) is 2.30. The summed E-state index contributed by atoms with van der Waals surface area (Å²) in [5.74, 6) is 0.569. The van der Waals surface area contributed by atoms with Gasteiger partial charge in [0.2, 0.25) is 5.91 Å². The molecule has 0 spiro atoms. The number of guanidine groups is 1. The molecule has 132 valence electrons. The van der Waals surface area contributed by atoms with E-state index in [2.05, 4.69) is 15.6 Å². The Kier molecular flexibility index (Phi) is 7.34. The molecule has 0 aliphatic carbocycles. The van der Waals surface area contributed by atoms with E-state index in [4.69, 9.17) is 16.3 Å². The van der Waals surface area contributed by atoms with Gasteiger partial charge in [0.25, 0.3) is 0 Å². The fraction of sp³-hybridized carbons (Fsp3) is 0.529. The molecule has 7 heteroatoms. The number of halogens is 1. The highest BCUT2D eigenvalue weighted by Gasteiger charge is 2.16. The summed E-state index contributed by atoms with van der Waals surface area (Å²) in [5.41, 5.74) is 0.941. The Labute approximate surface area is 148 Å². The number of benzene rings is 1. The number of rotatable bonds is 6. The van der Waals surface area contributed by atoms with E-state index in [1.165, 1.54) is 0 Å². The van der Waals surface area contributed by atoms with Gasteiger partial charge in [0.1, 0.15) is 0 Å². The average Bonchev–Trinajstić information content (AvgIpc) is 3.08. The number of amides is 1. The number of hydrogen-bond donors (Lipinski definition) is 2. The fourth-order valence-corrected chi connectivity index (χ4v) is 2.49. The van der Waals surface area contributed by atoms with Crippen LogP contribution in [0.4, 0.5) is 0 Å². The standard InChI is InChI=1S/C17H25ClN4O2/c1-22(2)16(23)12-21-17(20-11-14-7-5-9-24-14)19-10-13-6-3-4-8-15(13)18/h3-4,6,8,14H,5,7,9-12H2,1-2H3,(H2,19,20,21). The molecule has 1 unspecified atom stereocenters. The third-order valence-corrected chi connectivity index (χ3v) is 4.16. The van der Waals surface area contributed by atoms with Crippen molar-refractivity contribution >= 4 is 23.5 Å². The van der Waals surface area contributed by atoms with Crippen LogP contribution in [0.5, 0.6) is 0 Å². The third kappa shape index (κ3) is 6.02. The third-order valence-electron chi connectivity index (χ3n) is 3.79. The first-order valence-electron chi connectivity index (χ1n) is 8.13. The van der Waals surface area contributed by atoms with Crippen molar-refractivity contribution in [3.05, 3.63) is 34.9 Å². The maximum Gasteiger partial charge on any atom is 0.241 e. The number of aliphatic imine (C=N–C) groups is 1. The molecule has 24 heavy (non-hydrogen) atoms. The van der Waals surface area contributed by atoms with Crippen LogP contribution in [-0.2, 0) is 16.1 Å². The van der Waals surface area contributed by atoms with E-state index < -0.39 is 0 Å². The first-order chi connectivity index (χ1) is 11.6. The maximum absolute atomic E-state index is 11.8. The summed E-state index contributed by atoms with van der Waals surface area (Å²) >= 11 is 6.17. The van der Waals surface area contributed by atoms with Crippen molar-refractivity contribution in [1.82, 2.24) is 15.5 Å². The van der Waals surface area contributed by atoms with Gasteiger partial charge >= 0.3 is 0 Å². The van der Waals surface area contributed by atoms with Crippen LogP contribution < -0.4 is 10.6 Å². The number of carbonyl (C=O) groups excluding carboxylic acids is 1. The molecule has 0 saturated carbocycles. The van der Waals surface area contributed by atoms with Crippen LogP contribution >= 0.6 is 11.6 Å². The topological polar surface area (TPSA) is 66.0 Å². The molecule has 1 atom stereocenters. The van der Waals surface area contributed by atoms with Crippen molar-refractivity contribution in [3.8, 4) is 0 Å². The lowest BCUT2D eigenvalue weighted by Crippen LogP contribution is -2.45. The molecule has 1 amide bonds. The molecule has 1 heterocycles. The molecule has 1 aliphatic heterocycles. The van der Waals surface area contributed by atoms with Gasteiger partial charge in [-0.1, -0.05) is 29.8 Å². The van der Waals surface area contributed by atoms with E-state index in [0.29, 0.717) is 24.1 Å². The summed E-state index contributed by atoms with van der Waals surface area (Å²) in [4.78, 5) is 17.8. The minimum atomic E-state index is -0.0145. The number of hydrogen-bond acceptors (Lipinski definition) is 3. The van der Waals surface area contributed by atoms with E-state index in [1.807, 2.05) is 24.3 Å². The lowest BCUT2D eigenvalue weighted by Gasteiger charge is -2.17. The molecular weight excluding hydrogens is 328 g/mol. The van der Waals surface area contributed by atoms with E-state index in [-0.39, 0.29) is 18.6 Å². The number of nitrogens with one attached hydrogen (secondary N) is 2. The summed E-state index contributed by atoms with van der Waals surface area (Å²) in [6.45, 7) is 2.11. The van der Waals surface area contributed by atoms with Crippen molar-refractivity contribution in [2.75, 3.05) is 33.8 Å². The Bertz CT molecular complexity index is 571. The predicted molar refractivity (Wildman–Crippen MR) is 96.3 cm³/mol. The molecule has 0 radical (unpaired) electrons. The molecule has 1 aromatic rings. The summed E-state index contributed by atoms with van der Waals surface area (Å²) < 4.78 is 5.61. The molecule has 1 aromatic carbocycles. The van der Waals surface area contributed by atoms with Gasteiger partial charge in [-0.15, -0.1) is 0 Å². The Morgan fingerprint density at radius 2 is 2.17 bits per heavy atom. The normalized spacial score (nSPS) is 17.6. The quantitative estimate of drug-likeness (QED) is 0.603. The molecule has 2 N–H and O–H groups in total. The van der Waals surface area contributed by atoms with Crippen molar-refractivity contribution < 1.29 is 9.53 Å². The second-order valence-corrected chi connectivity index (χ2v) is 6.32. The van der Waals surface area contributed by atoms with E-state index in [1.54, 1.807) is 19.0 Å². The van der Waals surface area contributed by atoms with Crippen LogP contribution in [0.25, 0.3) is 0 Å². The number of likely N-dealkylation sites (N-methyl/N-ethyl adjacent to an activating group) is 1. The number of carbonyl (C=O) groups is 1. The molecule has 1 saturated heterocycles. The SMILES string of the molecule is CN(C)C(=O)CNC(=NCc1ccccc1Cl)NCC1CCCO1. The Balaban J connectivity index is 1.95. The Hall–Kier alpha value is -1.79. The van der Waals surface area contributed by atoms with Gasteiger partial charge in [0.15, 0.2) is 5.96 Å². The van der Waals surface area contributed by atoms with E-state index >= 15 is 0 Å². The zero-order chi connectivity index (χ0) is 17.4. The maximum atomic E-state index is 11.8. The van der Waals surface area contributed by atoms with Gasteiger partial charge in [0.05, 0.1) is 19.2 Å². The van der Waals surface area contributed by atoms with Gasteiger partial charge in [-0.2, -0.15) is 0 Å². The number of nitrogens with zero attached hydrogens (tertiary/aromatic N) is 2. The second kappa shape index (κ2) is 9.49. The van der Waals surface area contributed by atoms with Gasteiger partial charge in [-0.3, -0.25) is 4.79 Å². The van der Waals surface area contributed by atoms with Crippen LogP contribution in [0.15, 0.2) is 29.3 Å². The Morgan fingerprint density at radius 1 is 1.38 bits per heavy atom. The molecule has 6 nitrogen and oxygen atoms in total. The van der Waals surface area contributed by atoms with Crippen molar-refractivity contribution in [2.24, 2.45) is 4.99 Å². The van der Waals surface area contributed by atoms with E-state index in [0.717, 1.165) is 25.0 Å². The summed E-state index contributed by atoms with van der Waals surface area (Å²) in [5, 5.41) is 6.99. The first-order valence-corrected chi connectivity index (χ1v) is 8.51. The lowest BCUT2D eigenvalue weighted by molar-refractivity contribution is -0.127. The predicted octanol–water partition coefficient (Wildman–Crippen LogP) is 1.64. The minimum absolute atomic E-state index is 0.0145. The zero-order valence-electron chi connectivity index (χ0n) is 14.2. The molecular formula is C17H25ClN4O2. The highest BCUT2D eigenvalue weighted by atomic mass is 35.5. The van der Waals surface area contributed by atoms with E-state index in [9.17, 15) is 4.79 Å². The average molecular weight is 353 g/mol. The van der Waals surface area contributed by atoms with Crippen LogP contribution in [0.1, 0.15) is 18.4 Å². The second-order valence-electron chi connectivity index (χ2n) is 5.91. The van der Waals surface area contributed by atoms with Crippen molar-refractivity contribution in [2.45, 2.75) is 25.5 Å². The van der Waals surface area contributed by atoms with Gasteiger partial charge in [-0.25, -0.2) is 4.99 Å². The highest BCUT2D eigenvalue weighted by molar-refractivity contribution is 6.31. The molecule has 1 aliphatic rings. The zero-order valence-corrected chi connectivity index (χ0v) is 15.0. The van der Waals surface area contributed by atoms with Crippen molar-refractivity contribution in [3.63, 3.8) is 0 Å². The molecule has 0 bridgehead atoms. The smallest absolute Gasteiger partial charge is 0.241 e. The van der Waals surface area contributed by atoms with Gasteiger partial charge in [0, 0.05) is 32.3 Å². The monoisotopic (exact) mass is 352 g/mol. The number of ether oxygens (including phenoxy) is 1. The highest BCUT2D eigenvalue weighted by Crippen LogP contribution is 2.15. The minimum Gasteiger partial charge on any atom is -0.376 e. The van der Waals surface area contributed by atoms with Crippen molar-refractivity contribution in [1.29, 1.82) is 0 Å². The van der Waals surface area contributed by atoms with Crippen LogP contribution in [0.2, 0.25) is 5.02 Å². The largest absolute Gasteiger partial charge is 0.376 e. The molecule has 1 fully saturated rings. The summed E-state index contributed by atoms with van der Waals surface area (Å²) in [7, 11) is 3.45.